The third kappa shape index (κ3) is 2.80. The first-order valence-corrected chi connectivity index (χ1v) is 6.82. The molecule has 3 rings (SSSR count). The van der Waals surface area contributed by atoms with E-state index in [1.165, 1.54) is 36.4 Å². The van der Waals surface area contributed by atoms with Crippen molar-refractivity contribution < 1.29 is 19.2 Å². The second kappa shape index (κ2) is 5.84. The van der Waals surface area contributed by atoms with Crippen LogP contribution in [-0.2, 0) is 0 Å². The largest absolute Gasteiger partial charge is 0.504 e. The number of benzene rings is 2. The van der Waals surface area contributed by atoms with Crippen molar-refractivity contribution in [3.8, 4) is 5.75 Å². The summed E-state index contributed by atoms with van der Waals surface area (Å²) in [5.74, 6) is -0.777. The van der Waals surface area contributed by atoms with E-state index in [9.17, 15) is 20.0 Å². The highest BCUT2D eigenvalue weighted by molar-refractivity contribution is 6.05. The van der Waals surface area contributed by atoms with Gasteiger partial charge < -0.3 is 14.8 Å². The normalized spacial score (nSPS) is 10.5. The van der Waals surface area contributed by atoms with Gasteiger partial charge in [-0.25, -0.2) is 0 Å². The highest BCUT2D eigenvalue weighted by Gasteiger charge is 2.14. The monoisotopic (exact) mass is 325 g/mol. The smallest absolute Gasteiger partial charge is 0.271 e. The van der Waals surface area contributed by atoms with E-state index < -0.39 is 16.4 Å². The average Bonchev–Trinajstić information content (AvgIpc) is 2.55. The highest BCUT2D eigenvalue weighted by Crippen LogP contribution is 2.23. The van der Waals surface area contributed by atoms with E-state index >= 15 is 0 Å². The third-order valence-corrected chi connectivity index (χ3v) is 3.33. The number of para-hydroxylation sites is 1. The van der Waals surface area contributed by atoms with Crippen molar-refractivity contribution in [2.75, 3.05) is 5.32 Å². The van der Waals surface area contributed by atoms with Crippen LogP contribution < -0.4 is 10.9 Å². The Labute approximate surface area is 134 Å². The molecule has 8 heteroatoms. The summed E-state index contributed by atoms with van der Waals surface area (Å²) in [6.45, 7) is 0. The summed E-state index contributed by atoms with van der Waals surface area (Å²) < 4.78 is 5.19. The van der Waals surface area contributed by atoms with Crippen LogP contribution >= 0.6 is 0 Å². The first-order valence-electron chi connectivity index (χ1n) is 6.82. The molecule has 0 radical (unpaired) electrons. The summed E-state index contributed by atoms with van der Waals surface area (Å²) in [7, 11) is 0. The van der Waals surface area contributed by atoms with E-state index in [0.29, 0.717) is 5.39 Å². The van der Waals surface area contributed by atoms with Gasteiger partial charge in [0.2, 0.25) is 5.55 Å². The van der Waals surface area contributed by atoms with Gasteiger partial charge in [-0.15, -0.1) is 0 Å². The lowest BCUT2D eigenvalue weighted by Crippen LogP contribution is -2.20. The molecule has 0 spiro atoms. The van der Waals surface area contributed by atoms with Crippen LogP contribution in [0.5, 0.6) is 5.75 Å². The lowest BCUT2D eigenvalue weighted by molar-refractivity contribution is -0.384. The molecular formula is C16H11N3O5. The predicted molar refractivity (Wildman–Crippen MR) is 84.8 cm³/mol. The molecule has 0 bridgehead atoms. The molecule has 0 aliphatic rings. The standard InChI is InChI=1S/C16H11N3O5/c17-15-12(7-9-3-1-6-13(20)14(9)24-15)16(21)18-10-4-2-5-11(8-10)19(22)23/h1-8,17,20H,(H,18,21). The maximum Gasteiger partial charge on any atom is 0.271 e. The van der Waals surface area contributed by atoms with Crippen LogP contribution in [0.25, 0.3) is 11.0 Å². The van der Waals surface area contributed by atoms with Crippen molar-refractivity contribution in [3.63, 3.8) is 0 Å². The SMILES string of the molecule is N=c1oc2c(O)cccc2cc1C(=O)Nc1cccc([N+](=O)[O-])c1. The van der Waals surface area contributed by atoms with Crippen LogP contribution in [0.15, 0.2) is 52.9 Å². The van der Waals surface area contributed by atoms with Gasteiger partial charge >= 0.3 is 0 Å². The second-order valence-electron chi connectivity index (χ2n) is 4.95. The van der Waals surface area contributed by atoms with Crippen molar-refractivity contribution in [2.24, 2.45) is 0 Å². The summed E-state index contributed by atoms with van der Waals surface area (Å²) in [4.78, 5) is 22.5. The van der Waals surface area contributed by atoms with Crippen LogP contribution in [0.4, 0.5) is 11.4 Å². The van der Waals surface area contributed by atoms with Gasteiger partial charge in [-0.05, 0) is 18.2 Å². The van der Waals surface area contributed by atoms with Crippen molar-refractivity contribution in [3.05, 3.63) is 69.8 Å². The number of aromatic hydroxyl groups is 1. The highest BCUT2D eigenvalue weighted by atomic mass is 16.6. The van der Waals surface area contributed by atoms with Crippen LogP contribution in [0.3, 0.4) is 0 Å². The van der Waals surface area contributed by atoms with Crippen LogP contribution in [0.2, 0.25) is 0 Å². The number of anilines is 1. The van der Waals surface area contributed by atoms with Gasteiger partial charge in [-0.2, -0.15) is 0 Å². The summed E-state index contributed by atoms with van der Waals surface area (Å²) in [5, 5.41) is 31.2. The summed E-state index contributed by atoms with van der Waals surface area (Å²) in [5.41, 5.74) is -0.308. The minimum Gasteiger partial charge on any atom is -0.504 e. The maximum atomic E-state index is 12.3. The molecule has 0 saturated carbocycles. The first-order chi connectivity index (χ1) is 11.5. The minimum absolute atomic E-state index is 0.0559. The molecule has 0 aliphatic heterocycles. The molecule has 24 heavy (non-hydrogen) atoms. The number of carbonyl (C=O) groups excluding carboxylic acids is 1. The van der Waals surface area contributed by atoms with E-state index in [2.05, 4.69) is 5.32 Å². The Kier molecular flexibility index (Phi) is 3.70. The van der Waals surface area contributed by atoms with E-state index in [1.807, 2.05) is 0 Å². The van der Waals surface area contributed by atoms with Gasteiger partial charge in [0.05, 0.1) is 4.92 Å². The minimum atomic E-state index is -0.644. The molecule has 1 aromatic heterocycles. The van der Waals surface area contributed by atoms with Crippen LogP contribution in [-0.4, -0.2) is 15.9 Å². The van der Waals surface area contributed by atoms with Crippen molar-refractivity contribution in [1.29, 1.82) is 5.41 Å². The number of phenolic OH excluding ortho intramolecular Hbond substituents is 1. The zero-order chi connectivity index (χ0) is 17.3. The molecule has 2 aromatic carbocycles. The van der Waals surface area contributed by atoms with E-state index in [4.69, 9.17) is 9.83 Å². The Morgan fingerprint density at radius 1 is 1.21 bits per heavy atom. The Morgan fingerprint density at radius 3 is 2.71 bits per heavy atom. The summed E-state index contributed by atoms with van der Waals surface area (Å²) >= 11 is 0. The first kappa shape index (κ1) is 15.2. The number of carbonyl (C=O) groups is 1. The van der Waals surface area contributed by atoms with E-state index in [1.54, 1.807) is 12.1 Å². The number of non-ortho nitro benzene ring substituents is 1. The molecule has 0 atom stereocenters. The zero-order valence-electron chi connectivity index (χ0n) is 12.1. The fraction of sp³-hybridized carbons (Fsp3) is 0. The molecule has 1 heterocycles. The number of nitrogens with zero attached hydrogens (tertiary/aromatic N) is 1. The molecule has 1 amide bonds. The molecule has 0 saturated heterocycles. The number of amides is 1. The quantitative estimate of drug-likeness (QED) is 0.503. The molecule has 0 fully saturated rings. The van der Waals surface area contributed by atoms with Crippen LogP contribution in [0, 0.1) is 15.5 Å². The zero-order valence-corrected chi connectivity index (χ0v) is 12.1. The molecule has 3 aromatic rings. The number of nitro benzene ring substituents is 1. The van der Waals surface area contributed by atoms with Crippen molar-refractivity contribution in [1.82, 2.24) is 0 Å². The number of fused-ring (bicyclic) bond motifs is 1. The molecule has 0 aliphatic carbocycles. The number of rotatable bonds is 3. The van der Waals surface area contributed by atoms with Crippen molar-refractivity contribution >= 4 is 28.3 Å². The molecule has 3 N–H and O–H groups in total. The van der Waals surface area contributed by atoms with Gasteiger partial charge in [0.25, 0.3) is 11.6 Å². The molecule has 0 unspecified atom stereocenters. The number of hydrogen-bond donors (Lipinski definition) is 3. The number of phenols is 1. The van der Waals surface area contributed by atoms with E-state index in [-0.39, 0.29) is 28.3 Å². The van der Waals surface area contributed by atoms with Gasteiger partial charge in [-0.1, -0.05) is 18.2 Å². The molecular weight excluding hydrogens is 314 g/mol. The average molecular weight is 325 g/mol. The summed E-state index contributed by atoms with van der Waals surface area (Å²) in [6.07, 6.45) is 0. The topological polar surface area (TPSA) is 129 Å². The summed E-state index contributed by atoms with van der Waals surface area (Å²) in [6, 6.07) is 11.5. The van der Waals surface area contributed by atoms with Gasteiger partial charge in [0.1, 0.15) is 5.56 Å². The maximum absolute atomic E-state index is 12.3. The van der Waals surface area contributed by atoms with Crippen molar-refractivity contribution in [2.45, 2.75) is 0 Å². The van der Waals surface area contributed by atoms with E-state index in [0.717, 1.165) is 0 Å². The third-order valence-electron chi connectivity index (χ3n) is 3.33. The molecule has 8 nitrogen and oxygen atoms in total. The Hall–Kier alpha value is -3.68. The fourth-order valence-electron chi connectivity index (χ4n) is 2.21. The second-order valence-corrected chi connectivity index (χ2v) is 4.95. The van der Waals surface area contributed by atoms with Gasteiger partial charge in [0, 0.05) is 23.2 Å². The lowest BCUT2D eigenvalue weighted by atomic mass is 10.1. The number of hydrogen-bond acceptors (Lipinski definition) is 6. The number of nitrogens with one attached hydrogen (secondary N) is 2. The fourth-order valence-corrected chi connectivity index (χ4v) is 2.21. The lowest BCUT2D eigenvalue weighted by Gasteiger charge is -2.06. The Bertz CT molecular complexity index is 1030. The van der Waals surface area contributed by atoms with Gasteiger partial charge in [0.15, 0.2) is 11.3 Å². The van der Waals surface area contributed by atoms with Crippen LogP contribution in [0.1, 0.15) is 10.4 Å². The Balaban J connectivity index is 1.97. The predicted octanol–water partition coefficient (Wildman–Crippen LogP) is 2.78. The molecule has 120 valence electrons. The Morgan fingerprint density at radius 2 is 1.96 bits per heavy atom. The number of nitro groups is 1. The van der Waals surface area contributed by atoms with Gasteiger partial charge in [-0.3, -0.25) is 20.3 Å².